The quantitative estimate of drug-likeness (QED) is 0.562. The van der Waals surface area contributed by atoms with E-state index in [0.29, 0.717) is 18.9 Å². The number of hydrogen-bond acceptors (Lipinski definition) is 9. The van der Waals surface area contributed by atoms with E-state index in [1.165, 1.54) is 12.8 Å². The van der Waals surface area contributed by atoms with Crippen LogP contribution in [0.2, 0.25) is 0 Å². The van der Waals surface area contributed by atoms with Gasteiger partial charge in [-0.15, -0.1) is 0 Å². The number of nitrogens with zero attached hydrogens (tertiary/aromatic N) is 6. The van der Waals surface area contributed by atoms with Gasteiger partial charge in [-0.2, -0.15) is 4.98 Å². The van der Waals surface area contributed by atoms with E-state index in [2.05, 4.69) is 41.4 Å². The lowest BCUT2D eigenvalue weighted by atomic mass is 9.90. The Bertz CT molecular complexity index is 1080. The Morgan fingerprint density at radius 3 is 2.72 bits per heavy atom. The molecule has 1 saturated carbocycles. The maximum absolute atomic E-state index is 12.7. The maximum Gasteiger partial charge on any atom is 0.243 e. The van der Waals surface area contributed by atoms with Crippen LogP contribution < -0.4 is 20.4 Å². The largest absolute Gasteiger partial charge is 0.380 e. The number of carbonyl (C=O) groups excluding carboxylic acids is 1. The molecule has 10 heteroatoms. The lowest BCUT2D eigenvalue weighted by molar-refractivity contribution is -0.124. The second kappa shape index (κ2) is 9.82. The monoisotopic (exact) mass is 492 g/mol. The Labute approximate surface area is 212 Å². The fourth-order valence-electron chi connectivity index (χ4n) is 6.26. The molecule has 2 saturated heterocycles. The molecule has 192 valence electrons. The first-order valence-electron chi connectivity index (χ1n) is 13.4. The summed E-state index contributed by atoms with van der Waals surface area (Å²) in [5, 5.41) is 6.44. The van der Waals surface area contributed by atoms with Crippen LogP contribution in [-0.2, 0) is 16.0 Å². The summed E-state index contributed by atoms with van der Waals surface area (Å²) in [4.78, 5) is 33.9. The third kappa shape index (κ3) is 4.37. The fraction of sp³-hybridized carbons (Fsp3) is 0.615. The first-order chi connectivity index (χ1) is 17.6. The van der Waals surface area contributed by atoms with Gasteiger partial charge in [0.25, 0.3) is 0 Å². The molecule has 3 aliphatic heterocycles. The molecule has 3 fully saturated rings. The minimum absolute atomic E-state index is 0.0115. The third-order valence-corrected chi connectivity index (χ3v) is 8.22. The Hall–Kier alpha value is -2.98. The van der Waals surface area contributed by atoms with E-state index in [4.69, 9.17) is 9.72 Å². The van der Waals surface area contributed by atoms with Gasteiger partial charge in [0.05, 0.1) is 24.0 Å². The molecule has 1 spiro atoms. The van der Waals surface area contributed by atoms with Gasteiger partial charge in [0.1, 0.15) is 17.7 Å². The summed E-state index contributed by atoms with van der Waals surface area (Å²) in [5.74, 6) is 2.26. The van der Waals surface area contributed by atoms with Crippen LogP contribution in [0.5, 0.6) is 0 Å². The van der Waals surface area contributed by atoms with E-state index in [1.54, 1.807) is 0 Å². The number of rotatable bonds is 7. The van der Waals surface area contributed by atoms with E-state index in [0.717, 1.165) is 81.7 Å². The number of pyridine rings is 1. The number of anilines is 4. The average molecular weight is 493 g/mol. The van der Waals surface area contributed by atoms with Gasteiger partial charge in [-0.25, -0.2) is 9.97 Å². The summed E-state index contributed by atoms with van der Waals surface area (Å²) < 4.78 is 5.49. The van der Waals surface area contributed by atoms with Crippen molar-refractivity contribution < 1.29 is 9.53 Å². The Morgan fingerprint density at radius 2 is 1.97 bits per heavy atom. The SMILES string of the molecule is CCOCCN1CCN(c2ccc(Nc3ncc4c(n3)N3C(C4)C(=O)NCC34CCCC4)nc2)CC1. The third-order valence-electron chi connectivity index (χ3n) is 8.22. The van der Waals surface area contributed by atoms with Crippen LogP contribution in [0, 0.1) is 0 Å². The van der Waals surface area contributed by atoms with Gasteiger partial charge in [0.2, 0.25) is 11.9 Å². The van der Waals surface area contributed by atoms with Crippen molar-refractivity contribution in [3.05, 3.63) is 30.1 Å². The van der Waals surface area contributed by atoms with E-state index in [9.17, 15) is 4.79 Å². The second-order valence-electron chi connectivity index (χ2n) is 10.3. The van der Waals surface area contributed by atoms with Crippen LogP contribution in [0.25, 0.3) is 0 Å². The topological polar surface area (TPSA) is 98.8 Å². The number of nitrogens with one attached hydrogen (secondary N) is 2. The molecule has 2 aromatic heterocycles. The summed E-state index contributed by atoms with van der Waals surface area (Å²) in [7, 11) is 0. The minimum Gasteiger partial charge on any atom is -0.380 e. The van der Waals surface area contributed by atoms with Crippen LogP contribution in [0.1, 0.15) is 38.2 Å². The van der Waals surface area contributed by atoms with Gasteiger partial charge in [0.15, 0.2) is 0 Å². The van der Waals surface area contributed by atoms with Crippen molar-refractivity contribution in [3.8, 4) is 0 Å². The predicted octanol–water partition coefficient (Wildman–Crippen LogP) is 1.95. The van der Waals surface area contributed by atoms with Crippen molar-refractivity contribution in [3.63, 3.8) is 0 Å². The zero-order valence-corrected chi connectivity index (χ0v) is 21.1. The molecule has 4 aliphatic rings. The van der Waals surface area contributed by atoms with E-state index >= 15 is 0 Å². The first kappa shape index (κ1) is 23.4. The number of carbonyl (C=O) groups is 1. The molecular weight excluding hydrogens is 456 g/mol. The molecule has 10 nitrogen and oxygen atoms in total. The zero-order valence-electron chi connectivity index (χ0n) is 21.1. The minimum atomic E-state index is -0.173. The number of ether oxygens (including phenoxy) is 1. The van der Waals surface area contributed by atoms with Gasteiger partial charge in [-0.3, -0.25) is 9.69 Å². The lowest BCUT2D eigenvalue weighted by Crippen LogP contribution is -2.66. The molecule has 2 aromatic rings. The van der Waals surface area contributed by atoms with Gasteiger partial charge < -0.3 is 25.2 Å². The highest BCUT2D eigenvalue weighted by Gasteiger charge is 2.52. The Kier molecular flexibility index (Phi) is 6.39. The molecule has 1 aliphatic carbocycles. The molecule has 36 heavy (non-hydrogen) atoms. The van der Waals surface area contributed by atoms with Crippen molar-refractivity contribution in [1.82, 2.24) is 25.2 Å². The highest BCUT2D eigenvalue weighted by atomic mass is 16.5. The van der Waals surface area contributed by atoms with Crippen LogP contribution >= 0.6 is 0 Å². The molecule has 1 unspecified atom stereocenters. The lowest BCUT2D eigenvalue weighted by Gasteiger charge is -2.47. The summed E-state index contributed by atoms with van der Waals surface area (Å²) in [5.41, 5.74) is 2.17. The summed E-state index contributed by atoms with van der Waals surface area (Å²) >= 11 is 0. The smallest absolute Gasteiger partial charge is 0.243 e. The molecular formula is C26H36N8O2. The second-order valence-corrected chi connectivity index (χ2v) is 10.3. The molecule has 0 bridgehead atoms. The van der Waals surface area contributed by atoms with E-state index < -0.39 is 0 Å². The standard InChI is InChI=1S/C26H36N8O2/c1-2-36-14-13-32-9-11-33(12-10-32)20-5-6-22(27-17-20)30-25-28-16-19-15-21-24(35)29-18-26(7-3-4-8-26)34(21)23(19)31-25/h5-6,16-17,21H,2-4,7-15,18H2,1H3,(H,29,35)(H,27,28,30,31). The highest BCUT2D eigenvalue weighted by molar-refractivity contribution is 5.90. The molecule has 0 aromatic carbocycles. The van der Waals surface area contributed by atoms with Gasteiger partial charge in [0, 0.05) is 64.1 Å². The van der Waals surface area contributed by atoms with Crippen molar-refractivity contribution in [1.29, 1.82) is 0 Å². The number of piperazine rings is 2. The summed E-state index contributed by atoms with van der Waals surface area (Å²) in [6, 6.07) is 3.92. The fourth-order valence-corrected chi connectivity index (χ4v) is 6.26. The Morgan fingerprint density at radius 1 is 1.14 bits per heavy atom. The predicted molar refractivity (Wildman–Crippen MR) is 139 cm³/mol. The molecule has 0 radical (unpaired) electrons. The van der Waals surface area contributed by atoms with Gasteiger partial charge >= 0.3 is 0 Å². The number of aromatic nitrogens is 3. The number of hydrogen-bond donors (Lipinski definition) is 2. The Balaban J connectivity index is 1.12. The molecule has 1 amide bonds. The normalized spacial score (nSPS) is 23.0. The molecule has 5 heterocycles. The van der Waals surface area contributed by atoms with Crippen molar-refractivity contribution in [2.24, 2.45) is 0 Å². The summed E-state index contributed by atoms with van der Waals surface area (Å²) in [6.07, 6.45) is 9.06. The molecule has 1 atom stereocenters. The first-order valence-corrected chi connectivity index (χ1v) is 13.4. The van der Waals surface area contributed by atoms with Crippen molar-refractivity contribution in [2.45, 2.75) is 50.6 Å². The number of amides is 1. The van der Waals surface area contributed by atoms with Crippen molar-refractivity contribution >= 4 is 29.2 Å². The van der Waals surface area contributed by atoms with Crippen LogP contribution in [0.4, 0.5) is 23.3 Å². The van der Waals surface area contributed by atoms with Crippen LogP contribution in [0.15, 0.2) is 24.5 Å². The highest BCUT2D eigenvalue weighted by Crippen LogP contribution is 2.45. The van der Waals surface area contributed by atoms with E-state index in [-0.39, 0.29) is 17.5 Å². The number of fused-ring (bicyclic) bond motifs is 4. The average Bonchev–Trinajstić information content (AvgIpc) is 3.53. The van der Waals surface area contributed by atoms with Gasteiger partial charge in [-0.05, 0) is 31.9 Å². The van der Waals surface area contributed by atoms with Gasteiger partial charge in [-0.1, -0.05) is 12.8 Å². The zero-order chi connectivity index (χ0) is 24.5. The summed E-state index contributed by atoms with van der Waals surface area (Å²) in [6.45, 7) is 9.36. The van der Waals surface area contributed by atoms with E-state index in [1.807, 2.05) is 25.4 Å². The molecule has 2 N–H and O–H groups in total. The van der Waals surface area contributed by atoms with Crippen LogP contribution in [0.3, 0.4) is 0 Å². The van der Waals surface area contributed by atoms with Crippen LogP contribution in [-0.4, -0.2) is 89.8 Å². The molecule has 6 rings (SSSR count). The maximum atomic E-state index is 12.7. The van der Waals surface area contributed by atoms with Crippen molar-refractivity contribution in [2.75, 3.05) is 67.6 Å².